The third-order valence-corrected chi connectivity index (χ3v) is 3.20. The van der Waals surface area contributed by atoms with Crippen LogP contribution in [-0.4, -0.2) is 36.7 Å². The number of nitrogens with zero attached hydrogens (tertiary/aromatic N) is 1. The molecule has 0 atom stereocenters. The maximum absolute atomic E-state index is 11.9. The summed E-state index contributed by atoms with van der Waals surface area (Å²) in [5.41, 5.74) is 1.17. The number of halogens is 1. The van der Waals surface area contributed by atoms with Crippen LogP contribution in [0.5, 0.6) is 5.75 Å². The first-order chi connectivity index (χ1) is 8.86. The Bertz CT molecular complexity index is 503. The minimum atomic E-state index is -0.427. The van der Waals surface area contributed by atoms with Gasteiger partial charge in [0, 0.05) is 18.6 Å². The van der Waals surface area contributed by atoms with Crippen molar-refractivity contribution < 1.29 is 14.3 Å². The van der Waals surface area contributed by atoms with Gasteiger partial charge >= 0.3 is 5.97 Å². The molecule has 0 aliphatic rings. The second-order valence-corrected chi connectivity index (χ2v) is 5.35. The minimum Gasteiger partial charge on any atom is -0.462 e. The third kappa shape index (κ3) is 4.18. The van der Waals surface area contributed by atoms with Crippen molar-refractivity contribution in [2.45, 2.75) is 13.8 Å². The van der Waals surface area contributed by atoms with Gasteiger partial charge in [0.15, 0.2) is 0 Å². The lowest BCUT2D eigenvalue weighted by atomic mass is 10.1. The maximum atomic E-state index is 11.9. The summed E-state index contributed by atoms with van der Waals surface area (Å²) in [4.78, 5) is 13.6. The van der Waals surface area contributed by atoms with E-state index < -0.39 is 5.97 Å². The molecule has 0 N–H and O–H groups in total. The van der Waals surface area contributed by atoms with Gasteiger partial charge < -0.3 is 14.4 Å². The smallest absolute Gasteiger partial charge is 0.341 e. The molecule has 19 heavy (non-hydrogen) atoms. The molecule has 6 heteroatoms. The van der Waals surface area contributed by atoms with Crippen molar-refractivity contribution in [2.24, 2.45) is 0 Å². The summed E-state index contributed by atoms with van der Waals surface area (Å²) in [6, 6.07) is 3.52. The first-order valence-electron chi connectivity index (χ1n) is 5.73. The lowest BCUT2D eigenvalue weighted by Crippen LogP contribution is -2.26. The summed E-state index contributed by atoms with van der Waals surface area (Å²) in [6.07, 6.45) is 0. The van der Waals surface area contributed by atoms with Crippen LogP contribution in [0.1, 0.15) is 22.8 Å². The fraction of sp³-hybridized carbons (Fsp3) is 0.385. The van der Waals surface area contributed by atoms with Gasteiger partial charge in [0.2, 0.25) is 0 Å². The number of esters is 1. The predicted octanol–water partition coefficient (Wildman–Crippen LogP) is 3.16. The van der Waals surface area contributed by atoms with E-state index in [2.05, 4.69) is 15.9 Å². The first kappa shape index (κ1) is 15.9. The standard InChI is InChI=1S/C13H16BrNO3S/c1-5-17-12(16)10-7-9(14)6-8(2)11(10)18-13(19)15(3)4/h6-7H,5H2,1-4H3. The number of benzene rings is 1. The van der Waals surface area contributed by atoms with Crippen molar-refractivity contribution in [3.63, 3.8) is 0 Å². The molecule has 1 aromatic rings. The molecule has 104 valence electrons. The zero-order valence-electron chi connectivity index (χ0n) is 11.3. The van der Waals surface area contributed by atoms with Crippen LogP contribution in [0.2, 0.25) is 0 Å². The van der Waals surface area contributed by atoms with E-state index >= 15 is 0 Å². The highest BCUT2D eigenvalue weighted by atomic mass is 79.9. The molecule has 0 aromatic heterocycles. The number of hydrogen-bond donors (Lipinski definition) is 0. The molecule has 4 nitrogen and oxygen atoms in total. The van der Waals surface area contributed by atoms with Crippen LogP contribution >= 0.6 is 28.1 Å². The number of carbonyl (C=O) groups is 1. The normalized spacial score (nSPS) is 9.95. The molecule has 0 fully saturated rings. The Kier molecular flexibility index (Phi) is 5.75. The van der Waals surface area contributed by atoms with E-state index in [1.165, 1.54) is 0 Å². The Labute approximate surface area is 126 Å². The zero-order valence-corrected chi connectivity index (χ0v) is 13.7. The van der Waals surface area contributed by atoms with Crippen LogP contribution in [-0.2, 0) is 4.74 Å². The lowest BCUT2D eigenvalue weighted by Gasteiger charge is -2.18. The fourth-order valence-corrected chi connectivity index (χ4v) is 2.06. The molecule has 0 unspecified atom stereocenters. The molecule has 0 bridgehead atoms. The number of carbonyl (C=O) groups excluding carboxylic acids is 1. The quantitative estimate of drug-likeness (QED) is 0.621. The molecule has 0 heterocycles. The number of hydrogen-bond acceptors (Lipinski definition) is 4. The highest BCUT2D eigenvalue weighted by Gasteiger charge is 2.19. The van der Waals surface area contributed by atoms with Gasteiger partial charge in [-0.05, 0) is 43.8 Å². The van der Waals surface area contributed by atoms with Crippen molar-refractivity contribution in [3.05, 3.63) is 27.7 Å². The Morgan fingerprint density at radius 3 is 2.58 bits per heavy atom. The largest absolute Gasteiger partial charge is 0.462 e. The molecule has 0 aliphatic heterocycles. The maximum Gasteiger partial charge on any atom is 0.341 e. The van der Waals surface area contributed by atoms with E-state index in [1.54, 1.807) is 32.0 Å². The SMILES string of the molecule is CCOC(=O)c1cc(Br)cc(C)c1OC(=S)N(C)C. The molecular formula is C13H16BrNO3S. The molecule has 0 spiro atoms. The van der Waals surface area contributed by atoms with Crippen LogP contribution in [0.4, 0.5) is 0 Å². The lowest BCUT2D eigenvalue weighted by molar-refractivity contribution is 0.0523. The molecule has 0 saturated heterocycles. The van der Waals surface area contributed by atoms with Gasteiger partial charge in [-0.25, -0.2) is 4.79 Å². The Hall–Kier alpha value is -1.14. The molecule has 0 amide bonds. The predicted molar refractivity (Wildman–Crippen MR) is 81.7 cm³/mol. The average Bonchev–Trinajstić information content (AvgIpc) is 2.32. The zero-order chi connectivity index (χ0) is 14.6. The Morgan fingerprint density at radius 1 is 1.42 bits per heavy atom. The van der Waals surface area contributed by atoms with Crippen LogP contribution < -0.4 is 4.74 Å². The van der Waals surface area contributed by atoms with Crippen molar-refractivity contribution >= 4 is 39.3 Å². The minimum absolute atomic E-state index is 0.288. The molecular weight excluding hydrogens is 330 g/mol. The van der Waals surface area contributed by atoms with Gasteiger partial charge in [0.25, 0.3) is 5.17 Å². The first-order valence-corrected chi connectivity index (χ1v) is 6.93. The number of ether oxygens (including phenoxy) is 2. The fourth-order valence-electron chi connectivity index (χ4n) is 1.40. The second kappa shape index (κ2) is 6.86. The summed E-state index contributed by atoms with van der Waals surface area (Å²) in [5.74, 6) is 0.00352. The summed E-state index contributed by atoms with van der Waals surface area (Å²) in [7, 11) is 3.56. The van der Waals surface area contributed by atoms with E-state index in [0.717, 1.165) is 10.0 Å². The second-order valence-electron chi connectivity index (χ2n) is 4.08. The highest BCUT2D eigenvalue weighted by Crippen LogP contribution is 2.29. The third-order valence-electron chi connectivity index (χ3n) is 2.29. The topological polar surface area (TPSA) is 38.8 Å². The Morgan fingerprint density at radius 2 is 2.05 bits per heavy atom. The summed E-state index contributed by atoms with van der Waals surface area (Å²) < 4.78 is 11.4. The van der Waals surface area contributed by atoms with Crippen molar-refractivity contribution in [2.75, 3.05) is 20.7 Å². The number of thiocarbonyl (C=S) groups is 1. The Balaban J connectivity index is 3.20. The highest BCUT2D eigenvalue weighted by molar-refractivity contribution is 9.10. The van der Waals surface area contributed by atoms with E-state index in [-0.39, 0.29) is 5.17 Å². The van der Waals surface area contributed by atoms with Crippen molar-refractivity contribution in [1.82, 2.24) is 4.90 Å². The average molecular weight is 346 g/mol. The van der Waals surface area contributed by atoms with Crippen molar-refractivity contribution in [1.29, 1.82) is 0 Å². The molecule has 1 rings (SSSR count). The van der Waals surface area contributed by atoms with Crippen LogP contribution in [0.3, 0.4) is 0 Å². The molecule has 0 saturated carbocycles. The monoisotopic (exact) mass is 345 g/mol. The van der Waals surface area contributed by atoms with E-state index in [9.17, 15) is 4.79 Å². The molecule has 1 aromatic carbocycles. The number of aryl methyl sites for hydroxylation is 1. The van der Waals surface area contributed by atoms with Gasteiger partial charge in [0.05, 0.1) is 6.61 Å². The van der Waals surface area contributed by atoms with Gasteiger partial charge in [-0.15, -0.1) is 0 Å². The summed E-state index contributed by atoms with van der Waals surface area (Å²) in [5, 5.41) is 0.288. The van der Waals surface area contributed by atoms with Gasteiger partial charge in [-0.3, -0.25) is 0 Å². The van der Waals surface area contributed by atoms with Gasteiger partial charge in [-0.1, -0.05) is 15.9 Å². The van der Waals surface area contributed by atoms with Crippen LogP contribution in [0, 0.1) is 6.92 Å². The van der Waals surface area contributed by atoms with E-state index in [1.807, 2.05) is 13.0 Å². The van der Waals surface area contributed by atoms with E-state index in [4.69, 9.17) is 21.7 Å². The van der Waals surface area contributed by atoms with Gasteiger partial charge in [-0.2, -0.15) is 0 Å². The molecule has 0 aliphatic carbocycles. The van der Waals surface area contributed by atoms with Crippen molar-refractivity contribution in [3.8, 4) is 5.75 Å². The summed E-state index contributed by atoms with van der Waals surface area (Å²) >= 11 is 8.46. The molecule has 0 radical (unpaired) electrons. The summed E-state index contributed by atoms with van der Waals surface area (Å²) in [6.45, 7) is 3.91. The van der Waals surface area contributed by atoms with Crippen LogP contribution in [0.25, 0.3) is 0 Å². The van der Waals surface area contributed by atoms with Gasteiger partial charge in [0.1, 0.15) is 11.3 Å². The van der Waals surface area contributed by atoms with Crippen LogP contribution in [0.15, 0.2) is 16.6 Å². The number of rotatable bonds is 3. The van der Waals surface area contributed by atoms with E-state index in [0.29, 0.717) is 17.9 Å².